The van der Waals surface area contributed by atoms with Crippen molar-refractivity contribution in [3.05, 3.63) is 51.0 Å². The van der Waals surface area contributed by atoms with Gasteiger partial charge in [-0.2, -0.15) is 0 Å². The number of amides is 1. The van der Waals surface area contributed by atoms with Crippen LogP contribution in [0.15, 0.2) is 35.1 Å². The summed E-state index contributed by atoms with van der Waals surface area (Å²) in [6.07, 6.45) is 0.725. The van der Waals surface area contributed by atoms with Gasteiger partial charge in [0.1, 0.15) is 0 Å². The van der Waals surface area contributed by atoms with Gasteiger partial charge in [0.05, 0.1) is 24.1 Å². The van der Waals surface area contributed by atoms with Crippen LogP contribution in [0.1, 0.15) is 32.3 Å². The maximum absolute atomic E-state index is 13.1. The van der Waals surface area contributed by atoms with Crippen molar-refractivity contribution in [2.75, 3.05) is 20.0 Å². The lowest BCUT2D eigenvalue weighted by molar-refractivity contribution is -0.121. The van der Waals surface area contributed by atoms with Crippen molar-refractivity contribution in [2.24, 2.45) is 0 Å². The van der Waals surface area contributed by atoms with E-state index >= 15 is 0 Å². The zero-order valence-electron chi connectivity index (χ0n) is 19.1. The third-order valence-corrected chi connectivity index (χ3v) is 5.68. The number of aromatic amines is 1. The molecule has 1 aromatic heterocycles. The first-order valence-electron chi connectivity index (χ1n) is 11.2. The Morgan fingerprint density at radius 1 is 1.12 bits per heavy atom. The number of H-pyrrole nitrogens is 1. The summed E-state index contributed by atoms with van der Waals surface area (Å²) >= 11 is 5.41. The summed E-state index contributed by atoms with van der Waals surface area (Å²) in [7, 11) is 0. The molecule has 1 aliphatic heterocycles. The molecule has 10 heteroatoms. The molecule has 0 atom stereocenters. The molecule has 4 rings (SSSR count). The molecule has 2 aromatic carbocycles. The van der Waals surface area contributed by atoms with Crippen LogP contribution < -0.4 is 29.8 Å². The number of ether oxygens (including phenoxy) is 4. The number of benzene rings is 2. The average molecular weight is 486 g/mol. The van der Waals surface area contributed by atoms with E-state index in [9.17, 15) is 9.59 Å². The fourth-order valence-corrected chi connectivity index (χ4v) is 4.02. The van der Waals surface area contributed by atoms with Gasteiger partial charge >= 0.3 is 0 Å². The molecule has 0 radical (unpaired) electrons. The molecule has 0 fully saturated rings. The van der Waals surface area contributed by atoms with Gasteiger partial charge < -0.3 is 29.2 Å². The van der Waals surface area contributed by atoms with Gasteiger partial charge in [-0.15, -0.1) is 0 Å². The van der Waals surface area contributed by atoms with Gasteiger partial charge in [-0.25, -0.2) is 0 Å². The quantitative estimate of drug-likeness (QED) is 0.422. The standard InChI is InChI=1S/C24H27N3O6S/c1-3-30-20-11-16-17(12-21(20)31-4-2)26-24(34)27(23(16)29)9-5-6-22(28)25-13-15-7-8-18-19(10-15)33-14-32-18/h7-8,10-12H,3-6,9,13-14H2,1-2H3,(H,25,28)(H,26,34). The van der Waals surface area contributed by atoms with Crippen LogP contribution >= 0.6 is 12.2 Å². The first-order chi connectivity index (χ1) is 16.5. The Hall–Kier alpha value is -3.53. The number of fused-ring (bicyclic) bond motifs is 2. The zero-order chi connectivity index (χ0) is 24.1. The first-order valence-corrected chi connectivity index (χ1v) is 11.6. The summed E-state index contributed by atoms with van der Waals surface area (Å²) < 4.78 is 23.7. The number of hydrogen-bond donors (Lipinski definition) is 2. The van der Waals surface area contributed by atoms with Crippen molar-refractivity contribution >= 4 is 29.0 Å². The second kappa shape index (κ2) is 10.6. The van der Waals surface area contributed by atoms with E-state index in [2.05, 4.69) is 10.3 Å². The molecule has 0 unspecified atom stereocenters. The lowest BCUT2D eigenvalue weighted by Gasteiger charge is -2.13. The van der Waals surface area contributed by atoms with Crippen LogP contribution in [0.2, 0.25) is 0 Å². The number of nitrogens with one attached hydrogen (secondary N) is 2. The normalized spacial score (nSPS) is 12.1. The molecule has 3 aromatic rings. The molecule has 2 N–H and O–H groups in total. The van der Waals surface area contributed by atoms with E-state index in [0.717, 1.165) is 5.56 Å². The Morgan fingerprint density at radius 2 is 1.85 bits per heavy atom. The van der Waals surface area contributed by atoms with Crippen molar-refractivity contribution in [2.45, 2.75) is 39.8 Å². The molecule has 1 aliphatic rings. The van der Waals surface area contributed by atoms with E-state index in [-0.39, 0.29) is 24.7 Å². The predicted molar refractivity (Wildman–Crippen MR) is 129 cm³/mol. The van der Waals surface area contributed by atoms with E-state index < -0.39 is 0 Å². The van der Waals surface area contributed by atoms with Gasteiger partial charge in [0.15, 0.2) is 27.8 Å². The van der Waals surface area contributed by atoms with E-state index in [1.165, 1.54) is 4.57 Å². The van der Waals surface area contributed by atoms with Crippen LogP contribution in [-0.4, -0.2) is 35.5 Å². The monoisotopic (exact) mass is 485 g/mol. The second-order valence-electron chi connectivity index (χ2n) is 7.67. The van der Waals surface area contributed by atoms with Crippen LogP contribution in [0.3, 0.4) is 0 Å². The van der Waals surface area contributed by atoms with Crippen LogP contribution in [0.25, 0.3) is 10.9 Å². The third kappa shape index (κ3) is 5.17. The number of carbonyl (C=O) groups excluding carboxylic acids is 1. The minimum atomic E-state index is -0.233. The lowest BCUT2D eigenvalue weighted by Crippen LogP contribution is -2.25. The SMILES string of the molecule is CCOc1cc2[nH]c(=S)n(CCCC(=O)NCc3ccc4c(c3)OCO4)c(=O)c2cc1OCC. The van der Waals surface area contributed by atoms with Gasteiger partial charge in [-0.05, 0) is 56.2 Å². The highest BCUT2D eigenvalue weighted by Crippen LogP contribution is 2.32. The first kappa shape index (κ1) is 23.6. The largest absolute Gasteiger partial charge is 0.490 e. The number of nitrogens with zero attached hydrogens (tertiary/aromatic N) is 1. The molecular weight excluding hydrogens is 458 g/mol. The summed E-state index contributed by atoms with van der Waals surface area (Å²) in [5, 5.41) is 3.34. The molecule has 0 spiro atoms. The molecular formula is C24H27N3O6S. The van der Waals surface area contributed by atoms with E-state index in [0.29, 0.717) is 71.4 Å². The fourth-order valence-electron chi connectivity index (χ4n) is 3.74. The lowest BCUT2D eigenvalue weighted by atomic mass is 10.2. The molecule has 1 amide bonds. The van der Waals surface area contributed by atoms with Crippen molar-refractivity contribution < 1.29 is 23.7 Å². The maximum atomic E-state index is 13.1. The van der Waals surface area contributed by atoms with Crippen LogP contribution in [0.5, 0.6) is 23.0 Å². The maximum Gasteiger partial charge on any atom is 0.262 e. The molecule has 0 aliphatic carbocycles. The highest BCUT2D eigenvalue weighted by Gasteiger charge is 2.15. The molecule has 34 heavy (non-hydrogen) atoms. The van der Waals surface area contributed by atoms with Gasteiger partial charge in [-0.1, -0.05) is 6.07 Å². The minimum absolute atomic E-state index is 0.110. The van der Waals surface area contributed by atoms with Gasteiger partial charge in [0.2, 0.25) is 12.7 Å². The van der Waals surface area contributed by atoms with Gasteiger partial charge in [0.25, 0.3) is 5.56 Å². The van der Waals surface area contributed by atoms with Gasteiger partial charge in [-0.3, -0.25) is 14.2 Å². The summed E-state index contributed by atoms with van der Waals surface area (Å²) in [5.41, 5.74) is 1.27. The molecule has 0 saturated carbocycles. The van der Waals surface area contributed by atoms with E-state index in [4.69, 9.17) is 31.2 Å². The summed E-state index contributed by atoms with van der Waals surface area (Å²) in [4.78, 5) is 28.5. The molecule has 0 saturated heterocycles. The van der Waals surface area contributed by atoms with Crippen molar-refractivity contribution in [1.29, 1.82) is 0 Å². The number of aromatic nitrogens is 2. The zero-order valence-corrected chi connectivity index (χ0v) is 20.0. The smallest absolute Gasteiger partial charge is 0.262 e. The number of rotatable bonds is 10. The topological polar surface area (TPSA) is 104 Å². The Kier molecular flexibility index (Phi) is 7.36. The Bertz CT molecular complexity index is 1320. The Balaban J connectivity index is 1.40. The van der Waals surface area contributed by atoms with E-state index in [1.54, 1.807) is 12.1 Å². The van der Waals surface area contributed by atoms with Crippen molar-refractivity contribution in [1.82, 2.24) is 14.9 Å². The fraction of sp³-hybridized carbons (Fsp3) is 0.375. The second-order valence-corrected chi connectivity index (χ2v) is 8.05. The predicted octanol–water partition coefficient (Wildman–Crippen LogP) is 3.68. The summed E-state index contributed by atoms with van der Waals surface area (Å²) in [6, 6.07) is 8.96. The highest BCUT2D eigenvalue weighted by molar-refractivity contribution is 7.71. The molecule has 9 nitrogen and oxygen atoms in total. The van der Waals surface area contributed by atoms with Gasteiger partial charge in [0, 0.05) is 25.6 Å². The molecule has 2 heterocycles. The van der Waals surface area contributed by atoms with Crippen molar-refractivity contribution in [3.8, 4) is 23.0 Å². The van der Waals surface area contributed by atoms with Crippen molar-refractivity contribution in [3.63, 3.8) is 0 Å². The van der Waals surface area contributed by atoms with Crippen LogP contribution in [0, 0.1) is 4.77 Å². The highest BCUT2D eigenvalue weighted by atomic mass is 32.1. The summed E-state index contributed by atoms with van der Waals surface area (Å²) in [6.45, 7) is 5.58. The summed E-state index contributed by atoms with van der Waals surface area (Å²) in [5.74, 6) is 2.33. The Labute approximate surface area is 201 Å². The minimum Gasteiger partial charge on any atom is -0.490 e. The Morgan fingerprint density at radius 3 is 2.62 bits per heavy atom. The van der Waals surface area contributed by atoms with Crippen LogP contribution in [-0.2, 0) is 17.9 Å². The van der Waals surface area contributed by atoms with Crippen LogP contribution in [0.4, 0.5) is 0 Å². The van der Waals surface area contributed by atoms with E-state index in [1.807, 2.05) is 32.0 Å². The number of hydrogen-bond acceptors (Lipinski definition) is 7. The average Bonchev–Trinajstić information content (AvgIpc) is 3.29. The molecule has 180 valence electrons. The number of carbonyl (C=O) groups is 1. The molecule has 0 bridgehead atoms. The third-order valence-electron chi connectivity index (χ3n) is 5.36.